The Morgan fingerprint density at radius 3 is 2.38 bits per heavy atom. The summed E-state index contributed by atoms with van der Waals surface area (Å²) in [6.45, 7) is 1.83. The number of primary sulfonamides is 1. The van der Waals surface area contributed by atoms with E-state index in [1.807, 2.05) is 13.0 Å². The molecule has 0 aliphatic heterocycles. The van der Waals surface area contributed by atoms with E-state index in [0.717, 1.165) is 0 Å². The summed E-state index contributed by atoms with van der Waals surface area (Å²) in [7, 11) is -3.68. The zero-order valence-corrected chi connectivity index (χ0v) is 9.57. The second-order valence-corrected chi connectivity index (χ2v) is 4.72. The summed E-state index contributed by atoms with van der Waals surface area (Å²) in [4.78, 5) is 0.0184. The summed E-state index contributed by atoms with van der Waals surface area (Å²) in [5, 5.41) is 13.6. The third-order valence-corrected chi connectivity index (χ3v) is 2.87. The van der Waals surface area contributed by atoms with Crippen molar-refractivity contribution in [3.8, 4) is 11.8 Å². The van der Waals surface area contributed by atoms with Crippen LogP contribution in [0.3, 0.4) is 0 Å². The molecule has 1 atom stereocenters. The van der Waals surface area contributed by atoms with Crippen molar-refractivity contribution in [3.05, 3.63) is 24.3 Å². The van der Waals surface area contributed by atoms with Crippen molar-refractivity contribution in [2.75, 3.05) is 0 Å². The van der Waals surface area contributed by atoms with Gasteiger partial charge in [-0.15, -0.1) is 0 Å². The smallest absolute Gasteiger partial charge is 0.238 e. The Morgan fingerprint density at radius 1 is 1.44 bits per heavy atom. The van der Waals surface area contributed by atoms with Crippen molar-refractivity contribution >= 4 is 10.0 Å². The number of rotatable bonds is 4. The number of benzene rings is 1. The van der Waals surface area contributed by atoms with E-state index < -0.39 is 16.1 Å². The van der Waals surface area contributed by atoms with Crippen LogP contribution in [0.1, 0.15) is 13.3 Å². The van der Waals surface area contributed by atoms with Crippen molar-refractivity contribution in [3.63, 3.8) is 0 Å². The quantitative estimate of drug-likeness (QED) is 0.850. The zero-order valence-electron chi connectivity index (χ0n) is 8.75. The minimum Gasteiger partial charge on any atom is -0.476 e. The number of sulfonamides is 1. The first-order valence-corrected chi connectivity index (χ1v) is 6.21. The maximum atomic E-state index is 11.0. The van der Waals surface area contributed by atoms with Gasteiger partial charge in [0.2, 0.25) is 10.0 Å². The first kappa shape index (κ1) is 12.5. The molecular formula is C10H12N2O3S. The number of ether oxygens (including phenoxy) is 1. The molecule has 1 aromatic carbocycles. The Hall–Kier alpha value is -1.58. The lowest BCUT2D eigenvalue weighted by Crippen LogP contribution is -2.13. The average molecular weight is 240 g/mol. The topological polar surface area (TPSA) is 93.2 Å². The summed E-state index contributed by atoms with van der Waals surface area (Å²) in [5.41, 5.74) is 0. The SMILES string of the molecule is CCC(C#N)Oc1ccc(S(N)(=O)=O)cc1. The second-order valence-electron chi connectivity index (χ2n) is 3.16. The summed E-state index contributed by atoms with van der Waals surface area (Å²) >= 11 is 0. The number of hydrogen-bond acceptors (Lipinski definition) is 4. The molecule has 86 valence electrons. The van der Waals surface area contributed by atoms with Crippen LogP contribution in [-0.2, 0) is 10.0 Å². The van der Waals surface area contributed by atoms with Gasteiger partial charge in [-0.25, -0.2) is 13.6 Å². The maximum absolute atomic E-state index is 11.0. The van der Waals surface area contributed by atoms with Crippen LogP contribution in [0, 0.1) is 11.3 Å². The Labute approximate surface area is 94.5 Å². The Balaban J connectivity index is 2.85. The molecule has 0 aliphatic carbocycles. The van der Waals surface area contributed by atoms with Crippen molar-refractivity contribution in [2.45, 2.75) is 24.3 Å². The van der Waals surface area contributed by atoms with E-state index in [0.29, 0.717) is 12.2 Å². The van der Waals surface area contributed by atoms with Gasteiger partial charge in [0, 0.05) is 0 Å². The molecule has 6 heteroatoms. The molecule has 1 unspecified atom stereocenters. The molecule has 0 aliphatic rings. The van der Waals surface area contributed by atoms with E-state index in [-0.39, 0.29) is 4.90 Å². The highest BCUT2D eigenvalue weighted by molar-refractivity contribution is 7.89. The largest absolute Gasteiger partial charge is 0.476 e. The van der Waals surface area contributed by atoms with E-state index in [1.165, 1.54) is 24.3 Å². The zero-order chi connectivity index (χ0) is 12.2. The van der Waals surface area contributed by atoms with Gasteiger partial charge in [0.05, 0.1) is 4.90 Å². The van der Waals surface area contributed by atoms with Crippen LogP contribution in [0.15, 0.2) is 29.2 Å². The van der Waals surface area contributed by atoms with Crippen LogP contribution in [0.25, 0.3) is 0 Å². The fourth-order valence-corrected chi connectivity index (χ4v) is 1.59. The first-order chi connectivity index (χ1) is 7.47. The summed E-state index contributed by atoms with van der Waals surface area (Å²) in [6, 6.07) is 7.61. The van der Waals surface area contributed by atoms with E-state index in [4.69, 9.17) is 15.1 Å². The molecule has 0 spiro atoms. The van der Waals surface area contributed by atoms with Gasteiger partial charge in [-0.05, 0) is 30.7 Å². The highest BCUT2D eigenvalue weighted by Gasteiger charge is 2.09. The fourth-order valence-electron chi connectivity index (χ4n) is 1.07. The van der Waals surface area contributed by atoms with Gasteiger partial charge in [-0.2, -0.15) is 5.26 Å². The van der Waals surface area contributed by atoms with E-state index in [1.54, 1.807) is 0 Å². The fraction of sp³-hybridized carbons (Fsp3) is 0.300. The Kier molecular flexibility index (Phi) is 3.88. The van der Waals surface area contributed by atoms with Gasteiger partial charge >= 0.3 is 0 Å². The van der Waals surface area contributed by atoms with Crippen molar-refractivity contribution in [2.24, 2.45) is 5.14 Å². The molecule has 0 bridgehead atoms. The highest BCUT2D eigenvalue weighted by atomic mass is 32.2. The molecule has 0 heterocycles. The first-order valence-electron chi connectivity index (χ1n) is 4.66. The van der Waals surface area contributed by atoms with Gasteiger partial charge in [0.15, 0.2) is 6.10 Å². The van der Waals surface area contributed by atoms with Crippen molar-refractivity contribution in [1.29, 1.82) is 5.26 Å². The summed E-state index contributed by atoms with van der Waals surface area (Å²) < 4.78 is 27.2. The van der Waals surface area contributed by atoms with Crippen LogP contribution >= 0.6 is 0 Å². The van der Waals surface area contributed by atoms with Crippen molar-refractivity contribution < 1.29 is 13.2 Å². The van der Waals surface area contributed by atoms with E-state index >= 15 is 0 Å². The molecule has 16 heavy (non-hydrogen) atoms. The lowest BCUT2D eigenvalue weighted by molar-refractivity contribution is 0.252. The van der Waals surface area contributed by atoms with Crippen LogP contribution in [0.4, 0.5) is 0 Å². The van der Waals surface area contributed by atoms with Crippen LogP contribution < -0.4 is 9.88 Å². The summed E-state index contributed by atoms with van der Waals surface area (Å²) in [5.74, 6) is 0.445. The monoisotopic (exact) mass is 240 g/mol. The van der Waals surface area contributed by atoms with E-state index in [9.17, 15) is 8.42 Å². The normalized spacial score (nSPS) is 12.8. The molecule has 0 amide bonds. The lowest BCUT2D eigenvalue weighted by Gasteiger charge is -2.10. The van der Waals surface area contributed by atoms with Gasteiger partial charge in [0.1, 0.15) is 11.8 Å². The Morgan fingerprint density at radius 2 is 2.00 bits per heavy atom. The predicted octanol–water partition coefficient (Wildman–Crippen LogP) is 1.01. The molecule has 0 saturated carbocycles. The predicted molar refractivity (Wildman–Crippen MR) is 58.1 cm³/mol. The van der Waals surface area contributed by atoms with Crippen LogP contribution in [0.5, 0.6) is 5.75 Å². The maximum Gasteiger partial charge on any atom is 0.238 e. The minimum atomic E-state index is -3.68. The molecule has 0 radical (unpaired) electrons. The third-order valence-electron chi connectivity index (χ3n) is 1.95. The number of nitrogens with two attached hydrogens (primary N) is 1. The van der Waals surface area contributed by atoms with Gasteiger partial charge < -0.3 is 4.74 Å². The average Bonchev–Trinajstić information content (AvgIpc) is 2.25. The minimum absolute atomic E-state index is 0.0184. The van der Waals surface area contributed by atoms with E-state index in [2.05, 4.69) is 0 Å². The number of hydrogen-bond donors (Lipinski definition) is 1. The molecule has 0 aromatic heterocycles. The second kappa shape index (κ2) is 4.96. The van der Waals surface area contributed by atoms with Gasteiger partial charge in [0.25, 0.3) is 0 Å². The lowest BCUT2D eigenvalue weighted by atomic mass is 10.3. The molecule has 0 saturated heterocycles. The standard InChI is InChI=1S/C10H12N2O3S/c1-2-8(7-11)15-9-3-5-10(6-4-9)16(12,13)14/h3-6,8H,2H2,1H3,(H2,12,13,14). The number of nitrogens with zero attached hydrogens (tertiary/aromatic N) is 1. The molecular weight excluding hydrogens is 228 g/mol. The molecule has 1 aromatic rings. The summed E-state index contributed by atoms with van der Waals surface area (Å²) in [6.07, 6.45) is 0.0355. The van der Waals surface area contributed by atoms with Crippen molar-refractivity contribution in [1.82, 2.24) is 0 Å². The molecule has 5 nitrogen and oxygen atoms in total. The Bertz CT molecular complexity index is 488. The van der Waals surface area contributed by atoms with Gasteiger partial charge in [-0.3, -0.25) is 0 Å². The molecule has 1 rings (SSSR count). The molecule has 0 fully saturated rings. The molecule has 2 N–H and O–H groups in total. The van der Waals surface area contributed by atoms with Crippen LogP contribution in [-0.4, -0.2) is 14.5 Å². The third kappa shape index (κ3) is 3.22. The van der Waals surface area contributed by atoms with Crippen LogP contribution in [0.2, 0.25) is 0 Å². The van der Waals surface area contributed by atoms with Gasteiger partial charge in [-0.1, -0.05) is 6.92 Å². The number of nitriles is 1. The highest BCUT2D eigenvalue weighted by Crippen LogP contribution is 2.16.